The Morgan fingerprint density at radius 3 is 2.58 bits per heavy atom. The molecule has 4 heteroatoms. The molecule has 0 amide bonds. The molecule has 0 unspecified atom stereocenters. The topological polar surface area (TPSA) is 50.4 Å². The Morgan fingerprint density at radius 1 is 1.21 bits per heavy atom. The van der Waals surface area contributed by atoms with Crippen molar-refractivity contribution in [2.45, 2.75) is 33.6 Å². The van der Waals surface area contributed by atoms with Gasteiger partial charge in [-0.25, -0.2) is 0 Å². The van der Waals surface area contributed by atoms with E-state index in [0.717, 1.165) is 41.3 Å². The Balaban J connectivity index is 2.23. The number of nitrogens with one attached hydrogen (secondary N) is 1. The van der Waals surface area contributed by atoms with Crippen molar-refractivity contribution < 1.29 is 4.52 Å². The molecule has 4 nitrogen and oxygen atoms in total. The summed E-state index contributed by atoms with van der Waals surface area (Å²) in [6, 6.07) is 9.88. The first-order chi connectivity index (χ1) is 9.26. The normalized spacial score (nSPS) is 11.6. The number of hydrogen-bond acceptors (Lipinski definition) is 4. The van der Waals surface area contributed by atoms with Crippen LogP contribution < -0.4 is 5.43 Å². The van der Waals surface area contributed by atoms with Crippen LogP contribution >= 0.6 is 0 Å². The van der Waals surface area contributed by atoms with Crippen molar-refractivity contribution in [1.29, 1.82) is 0 Å². The lowest BCUT2D eigenvalue weighted by Crippen LogP contribution is -2.04. The Morgan fingerprint density at radius 2 is 1.95 bits per heavy atom. The zero-order valence-electron chi connectivity index (χ0n) is 11.6. The van der Waals surface area contributed by atoms with Gasteiger partial charge in [-0.1, -0.05) is 37.2 Å². The van der Waals surface area contributed by atoms with E-state index < -0.39 is 0 Å². The van der Waals surface area contributed by atoms with E-state index in [2.05, 4.69) is 29.5 Å². The molecule has 0 atom stereocenters. The second-order valence-electron chi connectivity index (χ2n) is 4.31. The summed E-state index contributed by atoms with van der Waals surface area (Å²) in [7, 11) is 0. The van der Waals surface area contributed by atoms with Crippen LogP contribution in [-0.4, -0.2) is 10.9 Å². The molecule has 0 saturated heterocycles. The Kier molecular flexibility index (Phi) is 4.34. The van der Waals surface area contributed by atoms with Gasteiger partial charge < -0.3 is 4.52 Å². The second kappa shape index (κ2) is 6.18. The fraction of sp³-hybridized carbons (Fsp3) is 0.333. The highest BCUT2D eigenvalue weighted by atomic mass is 16.5. The van der Waals surface area contributed by atoms with Crippen molar-refractivity contribution in [1.82, 2.24) is 5.16 Å². The minimum atomic E-state index is 0.820. The molecule has 19 heavy (non-hydrogen) atoms. The van der Waals surface area contributed by atoms with E-state index in [1.165, 1.54) is 0 Å². The van der Waals surface area contributed by atoms with Crippen LogP contribution in [0.4, 0.5) is 5.69 Å². The molecule has 1 aromatic carbocycles. The van der Waals surface area contributed by atoms with Crippen molar-refractivity contribution in [2.75, 3.05) is 5.43 Å². The lowest BCUT2D eigenvalue weighted by Gasteiger charge is -2.04. The molecule has 0 fully saturated rings. The van der Waals surface area contributed by atoms with Crippen LogP contribution in [0.3, 0.4) is 0 Å². The van der Waals surface area contributed by atoms with Crippen molar-refractivity contribution in [3.05, 3.63) is 47.3 Å². The van der Waals surface area contributed by atoms with Crippen LogP contribution in [0.1, 0.15) is 37.8 Å². The number of nitrogens with zero attached hydrogens (tertiary/aromatic N) is 2. The van der Waals surface area contributed by atoms with Crippen LogP contribution in [0, 0.1) is 0 Å². The highest BCUT2D eigenvalue weighted by Crippen LogP contribution is 2.17. The maximum Gasteiger partial charge on any atom is 0.145 e. The van der Waals surface area contributed by atoms with E-state index in [0.29, 0.717) is 0 Å². The molecule has 0 spiro atoms. The molecule has 1 heterocycles. The molecular formula is C15H19N3O. The van der Waals surface area contributed by atoms with Gasteiger partial charge in [0.25, 0.3) is 0 Å². The minimum Gasteiger partial charge on any atom is -0.360 e. The van der Waals surface area contributed by atoms with Crippen molar-refractivity contribution in [2.24, 2.45) is 5.10 Å². The summed E-state index contributed by atoms with van der Waals surface area (Å²) < 4.78 is 5.35. The van der Waals surface area contributed by atoms with Gasteiger partial charge in [0.05, 0.1) is 22.7 Å². The summed E-state index contributed by atoms with van der Waals surface area (Å²) in [5.41, 5.74) is 6.92. The summed E-state index contributed by atoms with van der Waals surface area (Å²) in [6.45, 7) is 6.10. The van der Waals surface area contributed by atoms with Gasteiger partial charge in [-0.05, 0) is 25.5 Å². The number of rotatable bonds is 5. The molecule has 0 aliphatic rings. The van der Waals surface area contributed by atoms with Crippen LogP contribution in [0.25, 0.3) is 0 Å². The molecule has 0 saturated carbocycles. The lowest BCUT2D eigenvalue weighted by molar-refractivity contribution is 0.381. The number of anilines is 1. The largest absolute Gasteiger partial charge is 0.360 e. The molecular weight excluding hydrogens is 238 g/mol. The first kappa shape index (κ1) is 13.3. The smallest absolute Gasteiger partial charge is 0.145 e. The highest BCUT2D eigenvalue weighted by molar-refractivity contribution is 6.00. The van der Waals surface area contributed by atoms with E-state index >= 15 is 0 Å². The standard InChI is InChI=1S/C15H19N3O/c1-4-13-15(14(5-2)19-18-13)11(3)16-17-12-9-7-6-8-10-12/h6-10,17H,4-5H2,1-3H3. The molecule has 2 aromatic rings. The third-order valence-corrected chi connectivity index (χ3v) is 2.98. The summed E-state index contributed by atoms with van der Waals surface area (Å²) in [5.74, 6) is 0.896. The van der Waals surface area contributed by atoms with Crippen molar-refractivity contribution >= 4 is 11.4 Å². The van der Waals surface area contributed by atoms with E-state index in [9.17, 15) is 0 Å². The minimum absolute atomic E-state index is 0.820. The molecule has 0 radical (unpaired) electrons. The SMILES string of the molecule is CCc1noc(CC)c1C(C)=NNc1ccccc1. The Labute approximate surface area is 113 Å². The summed E-state index contributed by atoms with van der Waals surface area (Å²) in [6.07, 6.45) is 1.66. The van der Waals surface area contributed by atoms with Gasteiger partial charge in [-0.3, -0.25) is 5.43 Å². The number of aryl methyl sites for hydroxylation is 2. The fourth-order valence-corrected chi connectivity index (χ4v) is 1.97. The number of hydrogen-bond donors (Lipinski definition) is 1. The van der Waals surface area contributed by atoms with Crippen molar-refractivity contribution in [3.63, 3.8) is 0 Å². The van der Waals surface area contributed by atoms with Gasteiger partial charge in [0.15, 0.2) is 0 Å². The number of hydrazone groups is 1. The highest BCUT2D eigenvalue weighted by Gasteiger charge is 2.15. The first-order valence-corrected chi connectivity index (χ1v) is 6.59. The van der Waals surface area contributed by atoms with Crippen LogP contribution in [0.5, 0.6) is 0 Å². The Hall–Kier alpha value is -2.10. The maximum atomic E-state index is 5.35. The van der Waals surface area contributed by atoms with Gasteiger partial charge in [0, 0.05) is 6.42 Å². The van der Waals surface area contributed by atoms with Gasteiger partial charge in [-0.15, -0.1) is 0 Å². The lowest BCUT2D eigenvalue weighted by atomic mass is 10.1. The Bertz CT molecular complexity index is 537. The van der Waals surface area contributed by atoms with Crippen LogP contribution in [0.2, 0.25) is 0 Å². The van der Waals surface area contributed by atoms with Gasteiger partial charge >= 0.3 is 0 Å². The molecule has 100 valence electrons. The molecule has 1 aromatic heterocycles. The summed E-state index contributed by atoms with van der Waals surface area (Å²) in [5, 5.41) is 8.52. The third kappa shape index (κ3) is 3.02. The van der Waals surface area contributed by atoms with E-state index in [1.54, 1.807) is 0 Å². The van der Waals surface area contributed by atoms with Gasteiger partial charge in [0.2, 0.25) is 0 Å². The first-order valence-electron chi connectivity index (χ1n) is 6.59. The fourth-order valence-electron chi connectivity index (χ4n) is 1.97. The molecule has 1 N–H and O–H groups in total. The van der Waals surface area contributed by atoms with E-state index in [1.807, 2.05) is 37.3 Å². The predicted molar refractivity (Wildman–Crippen MR) is 77.5 cm³/mol. The third-order valence-electron chi connectivity index (χ3n) is 2.98. The van der Waals surface area contributed by atoms with Crippen LogP contribution in [0.15, 0.2) is 40.0 Å². The number of aromatic nitrogens is 1. The molecule has 0 bridgehead atoms. The predicted octanol–water partition coefficient (Wildman–Crippen LogP) is 3.64. The zero-order valence-corrected chi connectivity index (χ0v) is 11.6. The van der Waals surface area contributed by atoms with E-state index in [-0.39, 0.29) is 0 Å². The van der Waals surface area contributed by atoms with Crippen LogP contribution in [-0.2, 0) is 12.8 Å². The average Bonchev–Trinajstić information content (AvgIpc) is 2.89. The quantitative estimate of drug-likeness (QED) is 0.657. The second-order valence-corrected chi connectivity index (χ2v) is 4.31. The number of benzene rings is 1. The van der Waals surface area contributed by atoms with E-state index in [4.69, 9.17) is 4.52 Å². The molecule has 0 aliphatic heterocycles. The summed E-state index contributed by atoms with van der Waals surface area (Å²) >= 11 is 0. The zero-order chi connectivity index (χ0) is 13.7. The average molecular weight is 257 g/mol. The summed E-state index contributed by atoms with van der Waals surface area (Å²) in [4.78, 5) is 0. The van der Waals surface area contributed by atoms with Gasteiger partial charge in [0.1, 0.15) is 5.76 Å². The molecule has 2 rings (SSSR count). The van der Waals surface area contributed by atoms with Gasteiger partial charge in [-0.2, -0.15) is 5.10 Å². The van der Waals surface area contributed by atoms with Crippen molar-refractivity contribution in [3.8, 4) is 0 Å². The maximum absolute atomic E-state index is 5.35. The number of para-hydroxylation sites is 1. The monoisotopic (exact) mass is 257 g/mol. The molecule has 0 aliphatic carbocycles.